The zero-order chi connectivity index (χ0) is 18.2. The van der Waals surface area contributed by atoms with Gasteiger partial charge >= 0.3 is 0 Å². The van der Waals surface area contributed by atoms with Gasteiger partial charge in [0.05, 0.1) is 7.11 Å². The van der Waals surface area contributed by atoms with Crippen LogP contribution in [0.5, 0.6) is 11.5 Å². The molecule has 1 saturated carbocycles. The van der Waals surface area contributed by atoms with Crippen molar-refractivity contribution in [3.63, 3.8) is 0 Å². The molecule has 0 radical (unpaired) electrons. The molecule has 1 fully saturated rings. The molecule has 27 heavy (non-hydrogen) atoms. The Bertz CT molecular complexity index is 697. The van der Waals surface area contributed by atoms with Crippen LogP contribution in [0.3, 0.4) is 0 Å². The smallest absolute Gasteiger partial charge is 0.161 e. The fourth-order valence-electron chi connectivity index (χ4n) is 3.65. The molecule has 0 unspecified atom stereocenters. The van der Waals surface area contributed by atoms with Gasteiger partial charge in [-0.1, -0.05) is 61.6 Å². The van der Waals surface area contributed by atoms with Crippen LogP contribution >= 0.6 is 12.4 Å². The number of hydrogen-bond donors (Lipinski definition) is 1. The van der Waals surface area contributed by atoms with Gasteiger partial charge in [0.25, 0.3) is 0 Å². The minimum atomic E-state index is 0. The van der Waals surface area contributed by atoms with Gasteiger partial charge in [0.15, 0.2) is 11.5 Å². The molecule has 1 N–H and O–H groups in total. The molecule has 0 saturated heterocycles. The van der Waals surface area contributed by atoms with Crippen molar-refractivity contribution in [3.05, 3.63) is 59.2 Å². The summed E-state index contributed by atoms with van der Waals surface area (Å²) in [6.45, 7) is 3.54. The number of rotatable bonds is 7. The summed E-state index contributed by atoms with van der Waals surface area (Å²) in [5.74, 6) is 1.60. The van der Waals surface area contributed by atoms with Crippen LogP contribution in [0.25, 0.3) is 0 Å². The highest BCUT2D eigenvalue weighted by Gasteiger charge is 2.12. The van der Waals surface area contributed by atoms with E-state index in [1.54, 1.807) is 7.11 Å². The maximum absolute atomic E-state index is 5.99. The maximum atomic E-state index is 5.99. The zero-order valence-corrected chi connectivity index (χ0v) is 17.3. The lowest BCUT2D eigenvalue weighted by Gasteiger charge is -2.17. The predicted molar refractivity (Wildman–Crippen MR) is 114 cm³/mol. The second-order valence-corrected chi connectivity index (χ2v) is 7.33. The second-order valence-electron chi connectivity index (χ2n) is 7.33. The molecule has 1 aliphatic rings. The van der Waals surface area contributed by atoms with Crippen LogP contribution in [-0.2, 0) is 13.2 Å². The molecule has 3 nitrogen and oxygen atoms in total. The molecule has 2 aromatic rings. The Kier molecular flexibility index (Phi) is 8.96. The van der Waals surface area contributed by atoms with Crippen molar-refractivity contribution in [1.29, 1.82) is 0 Å². The summed E-state index contributed by atoms with van der Waals surface area (Å²) in [5.41, 5.74) is 3.66. The molecule has 2 aromatic carbocycles. The van der Waals surface area contributed by atoms with E-state index < -0.39 is 0 Å². The maximum Gasteiger partial charge on any atom is 0.161 e. The first-order valence-corrected chi connectivity index (χ1v) is 9.83. The van der Waals surface area contributed by atoms with E-state index in [2.05, 4.69) is 48.6 Å². The van der Waals surface area contributed by atoms with Gasteiger partial charge in [-0.2, -0.15) is 0 Å². The first-order chi connectivity index (χ1) is 12.7. The van der Waals surface area contributed by atoms with Crippen LogP contribution in [0, 0.1) is 6.92 Å². The number of benzene rings is 2. The van der Waals surface area contributed by atoms with Gasteiger partial charge in [-0.05, 0) is 43.0 Å². The lowest BCUT2D eigenvalue weighted by atomic mass is 10.1. The van der Waals surface area contributed by atoms with Crippen molar-refractivity contribution in [3.8, 4) is 11.5 Å². The summed E-state index contributed by atoms with van der Waals surface area (Å²) in [6.07, 6.45) is 8.08. The molecule has 0 spiro atoms. The number of hydrogen-bond acceptors (Lipinski definition) is 3. The van der Waals surface area contributed by atoms with Crippen molar-refractivity contribution in [2.24, 2.45) is 0 Å². The van der Waals surface area contributed by atoms with Crippen molar-refractivity contribution < 1.29 is 9.47 Å². The largest absolute Gasteiger partial charge is 0.493 e. The van der Waals surface area contributed by atoms with Crippen LogP contribution in [0.2, 0.25) is 0 Å². The fourth-order valence-corrected chi connectivity index (χ4v) is 3.65. The number of methoxy groups -OCH3 is 1. The lowest BCUT2D eigenvalue weighted by Crippen LogP contribution is -2.27. The highest BCUT2D eigenvalue weighted by molar-refractivity contribution is 5.85. The average molecular weight is 390 g/mol. The van der Waals surface area contributed by atoms with Crippen LogP contribution in [0.4, 0.5) is 0 Å². The van der Waals surface area contributed by atoms with Crippen LogP contribution in [0.15, 0.2) is 42.5 Å². The van der Waals surface area contributed by atoms with Crippen LogP contribution < -0.4 is 14.8 Å². The SMILES string of the molecule is COc1cc(CNC2CCCCCC2)ccc1OCc1cccc(C)c1.Cl. The molecule has 0 bridgehead atoms. The van der Waals surface area contributed by atoms with Crippen molar-refractivity contribution in [2.75, 3.05) is 7.11 Å². The van der Waals surface area contributed by atoms with Gasteiger partial charge in [0, 0.05) is 12.6 Å². The molecule has 3 rings (SSSR count). The van der Waals surface area contributed by atoms with E-state index in [-0.39, 0.29) is 12.4 Å². The van der Waals surface area contributed by atoms with E-state index in [9.17, 15) is 0 Å². The first-order valence-electron chi connectivity index (χ1n) is 9.83. The van der Waals surface area contributed by atoms with Gasteiger partial charge in [0.2, 0.25) is 0 Å². The lowest BCUT2D eigenvalue weighted by molar-refractivity contribution is 0.284. The quantitative estimate of drug-likeness (QED) is 0.605. The molecule has 0 amide bonds. The standard InChI is InChI=1S/C23H31NO2.ClH/c1-18-8-7-9-20(14-18)17-26-22-13-12-19(15-23(22)25-2)16-24-21-10-5-3-4-6-11-21;/h7-9,12-15,21,24H,3-6,10-11,16-17H2,1-2H3;1H. The van der Waals surface area contributed by atoms with Crippen LogP contribution in [0.1, 0.15) is 55.2 Å². The van der Waals surface area contributed by atoms with E-state index in [0.717, 1.165) is 18.0 Å². The van der Waals surface area contributed by atoms with E-state index in [4.69, 9.17) is 9.47 Å². The van der Waals surface area contributed by atoms with E-state index in [1.807, 2.05) is 6.07 Å². The van der Waals surface area contributed by atoms with Gasteiger partial charge in [-0.15, -0.1) is 12.4 Å². The summed E-state index contributed by atoms with van der Waals surface area (Å²) in [7, 11) is 1.71. The number of ether oxygens (including phenoxy) is 2. The van der Waals surface area contributed by atoms with E-state index in [1.165, 1.54) is 55.2 Å². The zero-order valence-electron chi connectivity index (χ0n) is 16.5. The predicted octanol–water partition coefficient (Wildman–Crippen LogP) is 5.82. The molecule has 1 aliphatic carbocycles. The van der Waals surface area contributed by atoms with Crippen molar-refractivity contribution in [1.82, 2.24) is 5.32 Å². The Morgan fingerprint density at radius 1 is 0.926 bits per heavy atom. The minimum absolute atomic E-state index is 0. The Balaban J connectivity index is 0.00000261. The first kappa shape index (κ1) is 21.6. The highest BCUT2D eigenvalue weighted by Crippen LogP contribution is 2.29. The van der Waals surface area contributed by atoms with Gasteiger partial charge < -0.3 is 14.8 Å². The topological polar surface area (TPSA) is 30.5 Å². The molecule has 0 aromatic heterocycles. The second kappa shape index (κ2) is 11.2. The Labute approximate surface area is 169 Å². The third kappa shape index (κ3) is 6.75. The van der Waals surface area contributed by atoms with Gasteiger partial charge in [0.1, 0.15) is 6.61 Å². The third-order valence-electron chi connectivity index (χ3n) is 5.15. The fraction of sp³-hybridized carbons (Fsp3) is 0.478. The summed E-state index contributed by atoms with van der Waals surface area (Å²) in [5, 5.41) is 3.72. The third-order valence-corrected chi connectivity index (χ3v) is 5.15. The summed E-state index contributed by atoms with van der Waals surface area (Å²) >= 11 is 0. The molecular formula is C23H32ClNO2. The Morgan fingerprint density at radius 2 is 1.70 bits per heavy atom. The average Bonchev–Trinajstić information content (AvgIpc) is 2.94. The molecular weight excluding hydrogens is 358 g/mol. The highest BCUT2D eigenvalue weighted by atomic mass is 35.5. The Hall–Kier alpha value is -1.71. The molecule has 0 aliphatic heterocycles. The van der Waals surface area contributed by atoms with Gasteiger partial charge in [-0.3, -0.25) is 0 Å². The molecule has 0 heterocycles. The van der Waals surface area contributed by atoms with E-state index >= 15 is 0 Å². The minimum Gasteiger partial charge on any atom is -0.493 e. The molecule has 4 heteroatoms. The number of halogens is 1. The summed E-state index contributed by atoms with van der Waals surface area (Å²) in [4.78, 5) is 0. The summed E-state index contributed by atoms with van der Waals surface area (Å²) < 4.78 is 11.5. The van der Waals surface area contributed by atoms with Crippen molar-refractivity contribution >= 4 is 12.4 Å². The van der Waals surface area contributed by atoms with Gasteiger partial charge in [-0.25, -0.2) is 0 Å². The number of nitrogens with one attached hydrogen (secondary N) is 1. The van der Waals surface area contributed by atoms with Crippen molar-refractivity contribution in [2.45, 2.75) is 64.6 Å². The number of aryl methyl sites for hydroxylation is 1. The molecule has 0 atom stereocenters. The molecule has 148 valence electrons. The monoisotopic (exact) mass is 389 g/mol. The summed E-state index contributed by atoms with van der Waals surface area (Å²) in [6, 6.07) is 15.3. The normalized spacial score (nSPS) is 14.9. The van der Waals surface area contributed by atoms with E-state index in [0.29, 0.717) is 12.6 Å². The Morgan fingerprint density at radius 3 is 2.41 bits per heavy atom. The van der Waals surface area contributed by atoms with Crippen LogP contribution in [-0.4, -0.2) is 13.2 Å².